The lowest BCUT2D eigenvalue weighted by Crippen LogP contribution is -2.61. The van der Waals surface area contributed by atoms with Crippen molar-refractivity contribution in [1.82, 2.24) is 9.80 Å². The molecule has 0 aliphatic carbocycles. The van der Waals surface area contributed by atoms with Crippen LogP contribution >= 0.6 is 0 Å². The number of likely N-dealkylation sites (tertiary alicyclic amines) is 2. The van der Waals surface area contributed by atoms with Crippen molar-refractivity contribution in [2.24, 2.45) is 11.1 Å². The lowest BCUT2D eigenvalue weighted by atomic mass is 9.78. The molecule has 0 aromatic heterocycles. The molecule has 0 unspecified atom stereocenters. The summed E-state index contributed by atoms with van der Waals surface area (Å²) in [6.07, 6.45) is 6.46. The summed E-state index contributed by atoms with van der Waals surface area (Å²) in [5, 5.41) is 0. The molecule has 2 heterocycles. The van der Waals surface area contributed by atoms with Crippen molar-refractivity contribution in [1.29, 1.82) is 0 Å². The number of hydrogen-bond acceptors (Lipinski definition) is 3. The summed E-state index contributed by atoms with van der Waals surface area (Å²) in [6, 6.07) is 0. The van der Waals surface area contributed by atoms with Crippen LogP contribution in [0.3, 0.4) is 0 Å². The molecule has 112 valence electrons. The summed E-state index contributed by atoms with van der Waals surface area (Å²) in [4.78, 5) is 5.34. The quantitative estimate of drug-likeness (QED) is 0.848. The smallest absolute Gasteiger partial charge is 0.0356 e. The first-order chi connectivity index (χ1) is 9.01. The summed E-state index contributed by atoms with van der Waals surface area (Å²) in [5.41, 5.74) is 7.04. The molecule has 0 amide bonds. The van der Waals surface area contributed by atoms with Gasteiger partial charge in [0.25, 0.3) is 0 Å². The van der Waals surface area contributed by atoms with Crippen molar-refractivity contribution in [3.05, 3.63) is 0 Å². The van der Waals surface area contributed by atoms with E-state index in [1.54, 1.807) is 0 Å². The molecule has 0 aromatic rings. The van der Waals surface area contributed by atoms with Gasteiger partial charge in [-0.1, -0.05) is 20.8 Å². The highest BCUT2D eigenvalue weighted by molar-refractivity contribution is 4.98. The van der Waals surface area contributed by atoms with Gasteiger partial charge in [-0.3, -0.25) is 4.90 Å². The van der Waals surface area contributed by atoms with Crippen molar-refractivity contribution in [2.45, 2.75) is 58.4 Å². The molecule has 3 nitrogen and oxygen atoms in total. The molecule has 0 aromatic carbocycles. The van der Waals surface area contributed by atoms with E-state index in [0.717, 1.165) is 6.54 Å². The lowest BCUT2D eigenvalue weighted by Gasteiger charge is -2.52. The van der Waals surface area contributed by atoms with Crippen molar-refractivity contribution < 1.29 is 0 Å². The maximum absolute atomic E-state index is 6.20. The second-order valence-electron chi connectivity index (χ2n) is 7.42. The van der Waals surface area contributed by atoms with E-state index >= 15 is 0 Å². The van der Waals surface area contributed by atoms with Gasteiger partial charge in [0, 0.05) is 12.1 Å². The van der Waals surface area contributed by atoms with Gasteiger partial charge in [-0.25, -0.2) is 0 Å². The summed E-state index contributed by atoms with van der Waals surface area (Å²) in [7, 11) is 0. The molecule has 19 heavy (non-hydrogen) atoms. The molecular weight excluding hydrogens is 234 g/mol. The van der Waals surface area contributed by atoms with E-state index in [1.165, 1.54) is 64.8 Å². The zero-order chi connectivity index (χ0) is 13.9. The minimum absolute atomic E-state index is 0.306. The highest BCUT2D eigenvalue weighted by Crippen LogP contribution is 2.36. The van der Waals surface area contributed by atoms with Gasteiger partial charge in [0.2, 0.25) is 0 Å². The number of piperidine rings is 2. The van der Waals surface area contributed by atoms with Gasteiger partial charge in [0.1, 0.15) is 0 Å². The van der Waals surface area contributed by atoms with Gasteiger partial charge >= 0.3 is 0 Å². The summed E-state index contributed by atoms with van der Waals surface area (Å²) >= 11 is 0. The molecule has 0 spiro atoms. The van der Waals surface area contributed by atoms with Crippen LogP contribution in [0.4, 0.5) is 0 Å². The van der Waals surface area contributed by atoms with E-state index < -0.39 is 0 Å². The number of nitrogens with two attached hydrogens (primary N) is 1. The minimum Gasteiger partial charge on any atom is -0.329 e. The fourth-order valence-corrected chi connectivity index (χ4v) is 3.74. The molecule has 3 heteroatoms. The van der Waals surface area contributed by atoms with Crippen molar-refractivity contribution in [3.63, 3.8) is 0 Å². The second-order valence-corrected chi connectivity index (χ2v) is 7.42. The highest BCUT2D eigenvalue weighted by Gasteiger charge is 2.41. The first-order valence-corrected chi connectivity index (χ1v) is 8.19. The molecule has 0 atom stereocenters. The Morgan fingerprint density at radius 3 is 2.00 bits per heavy atom. The maximum atomic E-state index is 6.20. The van der Waals surface area contributed by atoms with Crippen LogP contribution in [0.1, 0.15) is 52.9 Å². The molecule has 2 aliphatic heterocycles. The topological polar surface area (TPSA) is 32.5 Å². The third-order valence-corrected chi connectivity index (χ3v) is 5.49. The van der Waals surface area contributed by atoms with E-state index in [9.17, 15) is 0 Å². The third-order valence-electron chi connectivity index (χ3n) is 5.49. The van der Waals surface area contributed by atoms with Crippen LogP contribution in [-0.2, 0) is 0 Å². The van der Waals surface area contributed by atoms with E-state index in [0.29, 0.717) is 11.0 Å². The average Bonchev–Trinajstić information content (AvgIpc) is 2.40. The molecule has 2 saturated heterocycles. The van der Waals surface area contributed by atoms with Gasteiger partial charge in [0.05, 0.1) is 0 Å². The largest absolute Gasteiger partial charge is 0.329 e. The monoisotopic (exact) mass is 267 g/mol. The third kappa shape index (κ3) is 3.50. The van der Waals surface area contributed by atoms with Crippen molar-refractivity contribution >= 4 is 0 Å². The first kappa shape index (κ1) is 15.3. The second kappa shape index (κ2) is 6.11. The van der Waals surface area contributed by atoms with Gasteiger partial charge in [-0.05, 0) is 70.2 Å². The number of hydrogen-bond donors (Lipinski definition) is 1. The maximum Gasteiger partial charge on any atom is 0.0356 e. The Labute approximate surface area is 119 Å². The van der Waals surface area contributed by atoms with E-state index in [2.05, 4.69) is 30.6 Å². The number of nitrogens with zero attached hydrogens (tertiary/aromatic N) is 2. The zero-order valence-corrected chi connectivity index (χ0v) is 13.2. The molecular formula is C16H33N3. The van der Waals surface area contributed by atoms with Crippen LogP contribution < -0.4 is 5.73 Å². The summed E-state index contributed by atoms with van der Waals surface area (Å²) in [6.45, 7) is 14.2. The van der Waals surface area contributed by atoms with Crippen LogP contribution in [0.25, 0.3) is 0 Å². The SMILES string of the molecule is CCCN1CCC(CN)(N2CCC(C)(C)CC2)CC1. The molecule has 0 bridgehead atoms. The first-order valence-electron chi connectivity index (χ1n) is 8.19. The van der Waals surface area contributed by atoms with Gasteiger partial charge < -0.3 is 10.6 Å². The van der Waals surface area contributed by atoms with E-state index in [-0.39, 0.29) is 0 Å². The van der Waals surface area contributed by atoms with Gasteiger partial charge in [0.15, 0.2) is 0 Å². The van der Waals surface area contributed by atoms with Crippen LogP contribution in [0, 0.1) is 5.41 Å². The average molecular weight is 267 g/mol. The molecule has 0 radical (unpaired) electrons. The summed E-state index contributed by atoms with van der Waals surface area (Å²) in [5.74, 6) is 0. The Hall–Kier alpha value is -0.120. The number of rotatable bonds is 4. The van der Waals surface area contributed by atoms with Crippen molar-refractivity contribution in [2.75, 3.05) is 39.3 Å². The molecule has 2 N–H and O–H groups in total. The Kier molecular flexibility index (Phi) is 4.91. The molecule has 2 fully saturated rings. The predicted octanol–water partition coefficient (Wildman–Crippen LogP) is 2.31. The van der Waals surface area contributed by atoms with E-state index in [1.807, 2.05) is 0 Å². The fraction of sp³-hybridized carbons (Fsp3) is 1.00. The van der Waals surface area contributed by atoms with Crippen LogP contribution in [-0.4, -0.2) is 54.6 Å². The Balaban J connectivity index is 1.93. The normalized spacial score (nSPS) is 28.4. The Bertz CT molecular complexity index is 270. The molecule has 2 rings (SSSR count). The van der Waals surface area contributed by atoms with Crippen molar-refractivity contribution in [3.8, 4) is 0 Å². The predicted molar refractivity (Wildman–Crippen MR) is 82.3 cm³/mol. The van der Waals surface area contributed by atoms with Crippen LogP contribution in [0.5, 0.6) is 0 Å². The van der Waals surface area contributed by atoms with Crippen LogP contribution in [0.2, 0.25) is 0 Å². The van der Waals surface area contributed by atoms with Crippen LogP contribution in [0.15, 0.2) is 0 Å². The fourth-order valence-electron chi connectivity index (χ4n) is 3.74. The minimum atomic E-state index is 0.306. The summed E-state index contributed by atoms with van der Waals surface area (Å²) < 4.78 is 0. The zero-order valence-electron chi connectivity index (χ0n) is 13.2. The van der Waals surface area contributed by atoms with E-state index in [4.69, 9.17) is 5.73 Å². The highest BCUT2D eigenvalue weighted by atomic mass is 15.2. The Morgan fingerprint density at radius 1 is 0.947 bits per heavy atom. The van der Waals surface area contributed by atoms with Gasteiger partial charge in [-0.2, -0.15) is 0 Å². The lowest BCUT2D eigenvalue weighted by molar-refractivity contribution is -0.00883. The van der Waals surface area contributed by atoms with Gasteiger partial charge in [-0.15, -0.1) is 0 Å². The standard InChI is InChI=1S/C16H33N3/c1-4-9-18-10-7-16(14-17,8-11-18)19-12-5-15(2,3)6-13-19/h4-14,17H2,1-3H3. The molecule has 0 saturated carbocycles. The Morgan fingerprint density at radius 2 is 1.53 bits per heavy atom. The molecule has 2 aliphatic rings.